The SMILES string of the molecule is CC(C)=Cc1cncc2[nH]c(CN3CC(C)C=C(NC(=O)[C@H](CC/C=C/C(=O)N(C)C)OC(=O)N(C)C)C3=O)nc12. The molecule has 1 aliphatic rings. The number of carbonyl (C=O) groups excluding carboxylic acids is 4. The van der Waals surface area contributed by atoms with Crippen LogP contribution in [0.4, 0.5) is 4.79 Å². The van der Waals surface area contributed by atoms with E-state index in [0.717, 1.165) is 22.2 Å². The zero-order chi connectivity index (χ0) is 30.3. The monoisotopic (exact) mass is 565 g/mol. The molecule has 0 saturated carbocycles. The topological polar surface area (TPSA) is 141 Å². The van der Waals surface area contributed by atoms with Gasteiger partial charge in [-0.05, 0) is 38.7 Å². The third kappa shape index (κ3) is 8.50. The molecule has 0 bridgehead atoms. The van der Waals surface area contributed by atoms with Crippen molar-refractivity contribution in [1.29, 1.82) is 0 Å². The van der Waals surface area contributed by atoms with Crippen LogP contribution in [0.5, 0.6) is 0 Å². The summed E-state index contributed by atoms with van der Waals surface area (Å²) in [7, 11) is 6.29. The fraction of sp³-hybridized carbons (Fsp3) is 0.448. The molecule has 0 radical (unpaired) electrons. The molecular formula is C29H39N7O5. The van der Waals surface area contributed by atoms with Crippen LogP contribution in [-0.2, 0) is 25.7 Å². The van der Waals surface area contributed by atoms with E-state index in [9.17, 15) is 19.2 Å². The second-order valence-corrected chi connectivity index (χ2v) is 10.7. The summed E-state index contributed by atoms with van der Waals surface area (Å²) in [5.74, 6) is -0.632. The Labute approximate surface area is 240 Å². The summed E-state index contributed by atoms with van der Waals surface area (Å²) in [5, 5.41) is 2.67. The number of aromatic nitrogens is 3. The van der Waals surface area contributed by atoms with Crippen LogP contribution < -0.4 is 5.32 Å². The first-order valence-corrected chi connectivity index (χ1v) is 13.4. The van der Waals surface area contributed by atoms with Crippen LogP contribution in [0, 0.1) is 5.92 Å². The second kappa shape index (κ2) is 13.7. The predicted octanol–water partition coefficient (Wildman–Crippen LogP) is 2.85. The Bertz CT molecular complexity index is 1390. The van der Waals surface area contributed by atoms with Gasteiger partial charge in [0.2, 0.25) is 5.91 Å². The normalized spacial score (nSPS) is 15.9. The standard InChI is InChI=1S/C29H39N7O5/c1-18(2)12-20-14-30-15-22-26(20)33-24(31-22)17-36-16-19(3)13-21(28(36)39)32-27(38)23(41-29(40)35(6)7)10-8-9-11-25(37)34(4)5/h9,11-15,19,23H,8,10,16-17H2,1-7H3,(H,31,33)(H,32,38)/b11-9+/t19?,23-/m0/s1. The minimum atomic E-state index is -1.17. The highest BCUT2D eigenvalue weighted by molar-refractivity contribution is 5.99. The van der Waals surface area contributed by atoms with Crippen molar-refractivity contribution >= 4 is 40.9 Å². The van der Waals surface area contributed by atoms with Crippen molar-refractivity contribution in [2.24, 2.45) is 5.92 Å². The Hall–Kier alpha value is -4.48. The van der Waals surface area contributed by atoms with Gasteiger partial charge in [-0.25, -0.2) is 9.78 Å². The van der Waals surface area contributed by atoms with Gasteiger partial charge in [0.25, 0.3) is 11.8 Å². The molecule has 41 heavy (non-hydrogen) atoms. The fourth-order valence-electron chi connectivity index (χ4n) is 4.18. The third-order valence-corrected chi connectivity index (χ3v) is 6.19. The predicted molar refractivity (Wildman–Crippen MR) is 155 cm³/mol. The van der Waals surface area contributed by atoms with Crippen molar-refractivity contribution in [3.63, 3.8) is 0 Å². The highest BCUT2D eigenvalue weighted by Crippen LogP contribution is 2.21. The number of imidazole rings is 1. The van der Waals surface area contributed by atoms with E-state index < -0.39 is 18.1 Å². The largest absolute Gasteiger partial charge is 0.436 e. The Morgan fingerprint density at radius 3 is 2.59 bits per heavy atom. The van der Waals surface area contributed by atoms with E-state index in [4.69, 9.17) is 9.72 Å². The van der Waals surface area contributed by atoms with E-state index in [-0.39, 0.29) is 36.4 Å². The summed E-state index contributed by atoms with van der Waals surface area (Å²) in [6, 6.07) is 0. The summed E-state index contributed by atoms with van der Waals surface area (Å²) >= 11 is 0. The van der Waals surface area contributed by atoms with Gasteiger partial charge >= 0.3 is 6.09 Å². The fourth-order valence-corrected chi connectivity index (χ4v) is 4.18. The van der Waals surface area contributed by atoms with E-state index >= 15 is 0 Å². The van der Waals surface area contributed by atoms with E-state index in [2.05, 4.69) is 15.3 Å². The van der Waals surface area contributed by atoms with E-state index in [0.29, 0.717) is 18.8 Å². The number of ether oxygens (including phenoxy) is 1. The number of H-pyrrole nitrogens is 1. The van der Waals surface area contributed by atoms with Crippen molar-refractivity contribution in [1.82, 2.24) is 35.0 Å². The van der Waals surface area contributed by atoms with E-state index in [1.165, 1.54) is 30.0 Å². The minimum absolute atomic E-state index is 0.0435. The Morgan fingerprint density at radius 1 is 1.20 bits per heavy atom. The molecule has 3 heterocycles. The van der Waals surface area contributed by atoms with Gasteiger partial charge in [-0.2, -0.15) is 0 Å². The van der Waals surface area contributed by atoms with Crippen molar-refractivity contribution < 1.29 is 23.9 Å². The smallest absolute Gasteiger partial charge is 0.410 e. The van der Waals surface area contributed by atoms with Crippen LogP contribution in [-0.4, -0.2) is 94.3 Å². The van der Waals surface area contributed by atoms with Crippen molar-refractivity contribution in [3.05, 3.63) is 53.3 Å². The maximum Gasteiger partial charge on any atom is 0.410 e. The number of amides is 4. The number of rotatable bonds is 10. The van der Waals surface area contributed by atoms with Crippen molar-refractivity contribution in [2.75, 3.05) is 34.7 Å². The van der Waals surface area contributed by atoms with Crippen LogP contribution in [0.3, 0.4) is 0 Å². The number of nitrogens with one attached hydrogen (secondary N) is 2. The molecule has 220 valence electrons. The molecule has 0 saturated heterocycles. The lowest BCUT2D eigenvalue weighted by molar-refractivity contribution is -0.134. The highest BCUT2D eigenvalue weighted by Gasteiger charge is 2.31. The molecule has 1 aliphatic heterocycles. The highest BCUT2D eigenvalue weighted by atomic mass is 16.6. The average molecular weight is 566 g/mol. The van der Waals surface area contributed by atoms with Crippen LogP contribution in [0.1, 0.15) is 45.0 Å². The molecule has 0 aliphatic carbocycles. The molecule has 0 spiro atoms. The molecule has 2 aromatic heterocycles. The molecule has 12 nitrogen and oxygen atoms in total. The van der Waals surface area contributed by atoms with Gasteiger partial charge in [-0.15, -0.1) is 0 Å². The van der Waals surface area contributed by atoms with Gasteiger partial charge in [0.1, 0.15) is 11.5 Å². The molecule has 4 amide bonds. The Morgan fingerprint density at radius 2 is 1.93 bits per heavy atom. The maximum absolute atomic E-state index is 13.4. The molecule has 2 atom stereocenters. The van der Waals surface area contributed by atoms with Gasteiger partial charge in [-0.3, -0.25) is 19.4 Å². The number of hydrogen-bond donors (Lipinski definition) is 2. The molecule has 2 N–H and O–H groups in total. The number of nitrogens with zero attached hydrogens (tertiary/aromatic N) is 5. The lowest BCUT2D eigenvalue weighted by Crippen LogP contribution is -2.47. The summed E-state index contributed by atoms with van der Waals surface area (Å²) in [6.07, 6.45) is 8.74. The van der Waals surface area contributed by atoms with Crippen LogP contribution in [0.25, 0.3) is 17.1 Å². The van der Waals surface area contributed by atoms with Crippen LogP contribution in [0.2, 0.25) is 0 Å². The number of allylic oxidation sites excluding steroid dienone is 2. The Kier molecular flexibility index (Phi) is 10.4. The molecule has 12 heteroatoms. The van der Waals surface area contributed by atoms with E-state index in [1.54, 1.807) is 43.5 Å². The molecule has 2 aromatic rings. The lowest BCUT2D eigenvalue weighted by Gasteiger charge is -2.30. The number of carbonyl (C=O) groups is 4. The maximum atomic E-state index is 13.4. The van der Waals surface area contributed by atoms with Gasteiger partial charge < -0.3 is 29.7 Å². The van der Waals surface area contributed by atoms with Gasteiger partial charge in [0.15, 0.2) is 6.10 Å². The molecular weight excluding hydrogens is 526 g/mol. The quantitative estimate of drug-likeness (QED) is 0.422. The third-order valence-electron chi connectivity index (χ3n) is 6.19. The molecule has 3 rings (SSSR count). The average Bonchev–Trinajstić information content (AvgIpc) is 3.31. The first-order valence-electron chi connectivity index (χ1n) is 13.4. The van der Waals surface area contributed by atoms with Gasteiger partial charge in [-0.1, -0.05) is 30.7 Å². The van der Waals surface area contributed by atoms with Crippen LogP contribution >= 0.6 is 0 Å². The Balaban J connectivity index is 1.74. The first-order chi connectivity index (χ1) is 19.3. The lowest BCUT2D eigenvalue weighted by atomic mass is 10.0. The zero-order valence-electron chi connectivity index (χ0n) is 24.7. The number of likely N-dealkylation sites (N-methyl/N-ethyl adjacent to an activating group) is 1. The summed E-state index contributed by atoms with van der Waals surface area (Å²) < 4.78 is 5.39. The second-order valence-electron chi connectivity index (χ2n) is 10.7. The van der Waals surface area contributed by atoms with Crippen molar-refractivity contribution in [2.45, 2.75) is 46.3 Å². The first kappa shape index (κ1) is 31.1. The summed E-state index contributed by atoms with van der Waals surface area (Å²) in [6.45, 7) is 6.59. The summed E-state index contributed by atoms with van der Waals surface area (Å²) in [4.78, 5) is 67.1. The van der Waals surface area contributed by atoms with Gasteiger partial charge in [0.05, 0.1) is 23.8 Å². The molecule has 0 aromatic carbocycles. The number of aromatic amines is 1. The number of fused-ring (bicyclic) bond motifs is 1. The van der Waals surface area contributed by atoms with Gasteiger partial charge in [0, 0.05) is 46.5 Å². The van der Waals surface area contributed by atoms with E-state index in [1.807, 2.05) is 26.8 Å². The van der Waals surface area contributed by atoms with Crippen molar-refractivity contribution in [3.8, 4) is 0 Å². The number of pyridine rings is 1. The summed E-state index contributed by atoms with van der Waals surface area (Å²) in [5.41, 5.74) is 3.64. The zero-order valence-corrected chi connectivity index (χ0v) is 24.7. The molecule has 0 fully saturated rings. The molecule has 1 unspecified atom stereocenters. The number of hydrogen-bond acceptors (Lipinski definition) is 7. The van der Waals surface area contributed by atoms with Crippen LogP contribution in [0.15, 0.2) is 41.9 Å². The minimum Gasteiger partial charge on any atom is -0.436 e.